The van der Waals surface area contributed by atoms with Gasteiger partial charge in [0.25, 0.3) is 5.91 Å². The predicted octanol–water partition coefficient (Wildman–Crippen LogP) is 0.545. The van der Waals surface area contributed by atoms with Gasteiger partial charge in [-0.3, -0.25) is 9.48 Å². The van der Waals surface area contributed by atoms with Crippen LogP contribution in [0.25, 0.3) is 0 Å². The zero-order valence-corrected chi connectivity index (χ0v) is 10.7. The van der Waals surface area contributed by atoms with Crippen LogP contribution in [-0.4, -0.2) is 33.0 Å². The molecule has 1 aromatic rings. The van der Waals surface area contributed by atoms with Crippen molar-refractivity contribution in [1.82, 2.24) is 20.3 Å². The summed E-state index contributed by atoms with van der Waals surface area (Å²) in [7, 11) is 0. The van der Waals surface area contributed by atoms with Gasteiger partial charge in [0.05, 0.1) is 12.7 Å². The Bertz CT molecular complexity index is 372. The van der Waals surface area contributed by atoms with Crippen molar-refractivity contribution in [2.24, 2.45) is 5.73 Å². The van der Waals surface area contributed by atoms with Crippen molar-refractivity contribution in [3.63, 3.8) is 0 Å². The molecule has 0 bridgehead atoms. The lowest BCUT2D eigenvalue weighted by Crippen LogP contribution is -2.43. The van der Waals surface area contributed by atoms with E-state index >= 15 is 0 Å². The van der Waals surface area contributed by atoms with Crippen molar-refractivity contribution in [3.05, 3.63) is 11.9 Å². The van der Waals surface area contributed by atoms with E-state index in [2.05, 4.69) is 22.6 Å². The Morgan fingerprint density at radius 1 is 1.59 bits per heavy atom. The quantitative estimate of drug-likeness (QED) is 0.759. The van der Waals surface area contributed by atoms with Gasteiger partial charge in [0.1, 0.15) is 0 Å². The summed E-state index contributed by atoms with van der Waals surface area (Å²) >= 11 is 0. The minimum atomic E-state index is -0.219. The van der Waals surface area contributed by atoms with Gasteiger partial charge >= 0.3 is 0 Å². The molecule has 0 fully saturated rings. The molecular formula is C11H21N5O. The summed E-state index contributed by atoms with van der Waals surface area (Å²) in [5, 5.41) is 10.6. The molecule has 1 aromatic heterocycles. The van der Waals surface area contributed by atoms with E-state index in [9.17, 15) is 4.79 Å². The molecule has 1 heterocycles. The monoisotopic (exact) mass is 239 g/mol. The number of hydrogen-bond donors (Lipinski definition) is 2. The Morgan fingerprint density at radius 2 is 2.29 bits per heavy atom. The van der Waals surface area contributed by atoms with Gasteiger partial charge in [-0.2, -0.15) is 0 Å². The van der Waals surface area contributed by atoms with Crippen LogP contribution < -0.4 is 11.1 Å². The normalized spacial score (nSPS) is 11.5. The van der Waals surface area contributed by atoms with Crippen molar-refractivity contribution in [2.45, 2.75) is 45.7 Å². The van der Waals surface area contributed by atoms with E-state index in [1.165, 1.54) is 0 Å². The van der Waals surface area contributed by atoms with Crippen molar-refractivity contribution < 1.29 is 4.79 Å². The van der Waals surface area contributed by atoms with Crippen molar-refractivity contribution in [1.29, 1.82) is 0 Å². The summed E-state index contributed by atoms with van der Waals surface area (Å²) in [5.74, 6) is -0.188. The molecule has 0 unspecified atom stereocenters. The minimum absolute atomic E-state index is 0.188. The van der Waals surface area contributed by atoms with Crippen LogP contribution in [0.2, 0.25) is 0 Å². The highest BCUT2D eigenvalue weighted by molar-refractivity contribution is 5.92. The van der Waals surface area contributed by atoms with Gasteiger partial charge in [-0.15, -0.1) is 5.10 Å². The van der Waals surface area contributed by atoms with Crippen LogP contribution in [0.4, 0.5) is 0 Å². The highest BCUT2D eigenvalue weighted by Gasteiger charge is 2.21. The minimum Gasteiger partial charge on any atom is -0.346 e. The van der Waals surface area contributed by atoms with Gasteiger partial charge in [-0.25, -0.2) is 0 Å². The molecule has 0 aliphatic rings. The highest BCUT2D eigenvalue weighted by atomic mass is 16.2. The smallest absolute Gasteiger partial charge is 0.273 e. The molecule has 6 heteroatoms. The van der Waals surface area contributed by atoms with Crippen LogP contribution in [0.5, 0.6) is 0 Å². The lowest BCUT2D eigenvalue weighted by molar-refractivity contribution is 0.0903. The van der Waals surface area contributed by atoms with Gasteiger partial charge in [-0.1, -0.05) is 18.6 Å². The molecular weight excluding hydrogens is 218 g/mol. The molecule has 1 rings (SSSR count). The topological polar surface area (TPSA) is 85.8 Å². The Labute approximate surface area is 102 Å². The molecule has 0 aliphatic carbocycles. The Hall–Kier alpha value is -1.43. The Morgan fingerprint density at radius 3 is 2.88 bits per heavy atom. The second kappa shape index (κ2) is 5.77. The molecule has 0 radical (unpaired) electrons. The molecule has 0 aromatic carbocycles. The van der Waals surface area contributed by atoms with E-state index in [-0.39, 0.29) is 11.4 Å². The van der Waals surface area contributed by atoms with Crippen LogP contribution in [0.1, 0.15) is 44.1 Å². The number of nitrogens with zero attached hydrogens (tertiary/aromatic N) is 3. The molecule has 3 N–H and O–H groups in total. The van der Waals surface area contributed by atoms with Gasteiger partial charge in [0, 0.05) is 12.1 Å². The first-order valence-corrected chi connectivity index (χ1v) is 5.91. The maximum absolute atomic E-state index is 11.9. The van der Waals surface area contributed by atoms with Crippen LogP contribution in [0, 0.1) is 0 Å². The maximum Gasteiger partial charge on any atom is 0.273 e. The fourth-order valence-electron chi connectivity index (χ4n) is 1.70. The first-order chi connectivity index (χ1) is 7.98. The lowest BCUT2D eigenvalue weighted by atomic mass is 9.99. The molecule has 0 saturated carbocycles. The van der Waals surface area contributed by atoms with E-state index in [0.29, 0.717) is 18.8 Å². The van der Waals surface area contributed by atoms with E-state index in [1.807, 2.05) is 13.8 Å². The number of rotatable bonds is 6. The van der Waals surface area contributed by atoms with Gasteiger partial charge < -0.3 is 11.1 Å². The zero-order chi connectivity index (χ0) is 12.9. The number of nitrogens with two attached hydrogens (primary N) is 1. The average Bonchev–Trinajstić information content (AvgIpc) is 2.66. The van der Waals surface area contributed by atoms with Crippen molar-refractivity contribution in [3.8, 4) is 0 Å². The van der Waals surface area contributed by atoms with Crippen molar-refractivity contribution in [2.75, 3.05) is 6.54 Å². The third-order valence-corrected chi connectivity index (χ3v) is 2.46. The van der Waals surface area contributed by atoms with E-state index in [0.717, 1.165) is 12.8 Å². The third kappa shape index (κ3) is 4.14. The van der Waals surface area contributed by atoms with Crippen LogP contribution >= 0.6 is 0 Å². The summed E-state index contributed by atoms with van der Waals surface area (Å²) in [5.41, 5.74) is 5.52. The average molecular weight is 239 g/mol. The SMILES string of the molecule is CCCC(C)(C)NC(=O)c1cn(CCN)nn1. The molecule has 1 amide bonds. The number of amides is 1. The summed E-state index contributed by atoms with van der Waals surface area (Å²) in [6.45, 7) is 7.13. The second-order valence-corrected chi connectivity index (χ2v) is 4.74. The summed E-state index contributed by atoms with van der Waals surface area (Å²) in [6.07, 6.45) is 3.56. The number of nitrogens with one attached hydrogen (secondary N) is 1. The first kappa shape index (κ1) is 13.6. The Kier molecular flexibility index (Phi) is 4.62. The Balaban J connectivity index is 2.63. The van der Waals surface area contributed by atoms with Crippen LogP contribution in [0.3, 0.4) is 0 Å². The fourth-order valence-corrected chi connectivity index (χ4v) is 1.70. The van der Waals surface area contributed by atoms with Crippen molar-refractivity contribution >= 4 is 5.91 Å². The molecule has 96 valence electrons. The molecule has 0 saturated heterocycles. The summed E-state index contributed by atoms with van der Waals surface area (Å²) in [6, 6.07) is 0. The van der Waals surface area contributed by atoms with Crippen LogP contribution in [0.15, 0.2) is 6.20 Å². The molecule has 0 spiro atoms. The number of carbonyl (C=O) groups excluding carboxylic acids is 1. The number of hydrogen-bond acceptors (Lipinski definition) is 4. The third-order valence-electron chi connectivity index (χ3n) is 2.46. The first-order valence-electron chi connectivity index (χ1n) is 5.91. The lowest BCUT2D eigenvalue weighted by Gasteiger charge is -2.25. The van der Waals surface area contributed by atoms with E-state index in [1.54, 1.807) is 10.9 Å². The second-order valence-electron chi connectivity index (χ2n) is 4.74. The highest BCUT2D eigenvalue weighted by Crippen LogP contribution is 2.11. The van der Waals surface area contributed by atoms with Gasteiger partial charge in [-0.05, 0) is 20.3 Å². The van der Waals surface area contributed by atoms with Gasteiger partial charge in [0.2, 0.25) is 0 Å². The molecule has 6 nitrogen and oxygen atoms in total. The molecule has 17 heavy (non-hydrogen) atoms. The van der Waals surface area contributed by atoms with Crippen LogP contribution in [-0.2, 0) is 6.54 Å². The summed E-state index contributed by atoms with van der Waals surface area (Å²) < 4.78 is 1.57. The predicted molar refractivity (Wildman–Crippen MR) is 65.5 cm³/mol. The zero-order valence-electron chi connectivity index (χ0n) is 10.7. The van der Waals surface area contributed by atoms with Gasteiger partial charge in [0.15, 0.2) is 5.69 Å². The largest absolute Gasteiger partial charge is 0.346 e. The fraction of sp³-hybridized carbons (Fsp3) is 0.727. The summed E-state index contributed by atoms with van der Waals surface area (Å²) in [4.78, 5) is 11.9. The maximum atomic E-state index is 11.9. The van der Waals surface area contributed by atoms with E-state index in [4.69, 9.17) is 5.73 Å². The van der Waals surface area contributed by atoms with E-state index < -0.39 is 0 Å². The number of aromatic nitrogens is 3. The molecule has 0 atom stereocenters. The molecule has 0 aliphatic heterocycles. The number of carbonyl (C=O) groups is 1. The standard InChI is InChI=1S/C11H21N5O/c1-4-5-11(2,3)13-10(17)9-8-16(7-6-12)15-14-9/h8H,4-7,12H2,1-3H3,(H,13,17).